The summed E-state index contributed by atoms with van der Waals surface area (Å²) in [4.78, 5) is 17.3. The Bertz CT molecular complexity index is 785. The first-order valence-electron chi connectivity index (χ1n) is 6.43. The number of alkyl halides is 3. The van der Waals surface area contributed by atoms with Crippen LogP contribution in [0, 0.1) is 0 Å². The quantitative estimate of drug-likeness (QED) is 0.713. The molecule has 3 aromatic rings. The zero-order valence-electron chi connectivity index (χ0n) is 12.0. The number of thiazole rings is 1. The Kier molecular flexibility index (Phi) is 5.28. The number of rotatable bonds is 2. The van der Waals surface area contributed by atoms with Gasteiger partial charge in [0.1, 0.15) is 5.82 Å². The number of aromatic nitrogens is 2. The Labute approximate surface area is 134 Å². The molecule has 2 heterocycles. The maximum Gasteiger partial charge on any atom is 0.446 e. The van der Waals surface area contributed by atoms with Gasteiger partial charge in [-0.3, -0.25) is 4.79 Å². The van der Waals surface area contributed by atoms with Crippen molar-refractivity contribution in [3.8, 4) is 11.1 Å². The van der Waals surface area contributed by atoms with Crippen molar-refractivity contribution in [3.63, 3.8) is 0 Å². The number of benzene rings is 1. The Balaban J connectivity index is 0.000000277. The fourth-order valence-corrected chi connectivity index (χ4v) is 2.41. The minimum absolute atomic E-state index is 0.878. The summed E-state index contributed by atoms with van der Waals surface area (Å²) in [6.45, 7) is 0. The van der Waals surface area contributed by atoms with Crippen LogP contribution in [0.15, 0.2) is 42.0 Å². The van der Waals surface area contributed by atoms with Crippen LogP contribution in [0.25, 0.3) is 21.3 Å². The van der Waals surface area contributed by atoms with Gasteiger partial charge < -0.3 is 5.32 Å². The lowest BCUT2D eigenvalue weighted by atomic mass is 10.1. The number of fused-ring (bicyclic) bond motifs is 1. The fraction of sp³-hybridized carbons (Fsp3) is 0.133. The second kappa shape index (κ2) is 7.19. The van der Waals surface area contributed by atoms with Crippen LogP contribution in [-0.2, 0) is 4.79 Å². The number of nitrogens with zero attached hydrogens (tertiary/aromatic N) is 2. The molecule has 0 saturated carbocycles. The van der Waals surface area contributed by atoms with E-state index >= 15 is 0 Å². The SMILES string of the molecule is CNc1ccc(-c2ccc3scnc3c2)cn1.O=CC(F)(F)F. The van der Waals surface area contributed by atoms with Crippen LogP contribution in [0.3, 0.4) is 0 Å². The van der Waals surface area contributed by atoms with E-state index in [2.05, 4.69) is 39.6 Å². The topological polar surface area (TPSA) is 54.9 Å². The first-order chi connectivity index (χ1) is 10.9. The van der Waals surface area contributed by atoms with Gasteiger partial charge in [-0.1, -0.05) is 6.07 Å². The van der Waals surface area contributed by atoms with Gasteiger partial charge in [0.15, 0.2) is 0 Å². The highest BCUT2D eigenvalue weighted by atomic mass is 32.1. The summed E-state index contributed by atoms with van der Waals surface area (Å²) in [5.41, 5.74) is 5.18. The molecular weight excluding hydrogens is 327 g/mol. The van der Waals surface area contributed by atoms with Gasteiger partial charge in [0.25, 0.3) is 0 Å². The van der Waals surface area contributed by atoms with Crippen LogP contribution in [0.5, 0.6) is 0 Å². The fourth-order valence-electron chi connectivity index (χ4n) is 1.75. The van der Waals surface area contributed by atoms with E-state index in [9.17, 15) is 13.2 Å². The predicted octanol–water partition coefficient (Wildman–Crippen LogP) is 4.15. The van der Waals surface area contributed by atoms with Crippen molar-refractivity contribution < 1.29 is 18.0 Å². The molecule has 1 aromatic carbocycles. The number of carbonyl (C=O) groups is 1. The average Bonchev–Trinajstić information content (AvgIpc) is 3.02. The predicted molar refractivity (Wildman–Crippen MR) is 84.5 cm³/mol. The molecule has 2 aromatic heterocycles. The van der Waals surface area contributed by atoms with Gasteiger partial charge in [0.2, 0.25) is 6.29 Å². The van der Waals surface area contributed by atoms with E-state index in [0.717, 1.165) is 22.5 Å². The number of hydrogen-bond acceptors (Lipinski definition) is 5. The Morgan fingerprint density at radius 2 is 1.83 bits per heavy atom. The summed E-state index contributed by atoms with van der Waals surface area (Å²) in [6.07, 6.45) is -3.83. The van der Waals surface area contributed by atoms with E-state index in [1.165, 1.54) is 4.70 Å². The van der Waals surface area contributed by atoms with Gasteiger partial charge >= 0.3 is 6.18 Å². The van der Waals surface area contributed by atoms with Crippen LogP contribution in [0.4, 0.5) is 19.0 Å². The Morgan fingerprint density at radius 1 is 1.13 bits per heavy atom. The Morgan fingerprint density at radius 3 is 2.39 bits per heavy atom. The zero-order chi connectivity index (χ0) is 16.9. The van der Waals surface area contributed by atoms with Crippen LogP contribution >= 0.6 is 11.3 Å². The monoisotopic (exact) mass is 339 g/mol. The summed E-state index contributed by atoms with van der Waals surface area (Å²) in [5, 5.41) is 3.01. The van der Waals surface area contributed by atoms with Crippen LogP contribution < -0.4 is 5.32 Å². The largest absolute Gasteiger partial charge is 0.446 e. The molecule has 0 aliphatic carbocycles. The van der Waals surface area contributed by atoms with Gasteiger partial charge in [-0.05, 0) is 29.8 Å². The van der Waals surface area contributed by atoms with E-state index < -0.39 is 12.5 Å². The summed E-state index contributed by atoms with van der Waals surface area (Å²) in [6, 6.07) is 10.3. The molecule has 23 heavy (non-hydrogen) atoms. The molecule has 3 rings (SSSR count). The highest BCUT2D eigenvalue weighted by Gasteiger charge is 2.24. The van der Waals surface area contributed by atoms with Crippen molar-refractivity contribution in [2.45, 2.75) is 6.18 Å². The van der Waals surface area contributed by atoms with E-state index in [1.807, 2.05) is 24.8 Å². The smallest absolute Gasteiger partial charge is 0.373 e. The minimum Gasteiger partial charge on any atom is -0.373 e. The lowest BCUT2D eigenvalue weighted by Gasteiger charge is -2.03. The van der Waals surface area contributed by atoms with Crippen molar-refractivity contribution in [1.82, 2.24) is 9.97 Å². The summed E-state index contributed by atoms with van der Waals surface area (Å²) >= 11 is 1.66. The number of hydrogen-bond donors (Lipinski definition) is 1. The normalized spacial score (nSPS) is 10.8. The lowest BCUT2D eigenvalue weighted by molar-refractivity contribution is -0.156. The molecule has 0 atom stereocenters. The van der Waals surface area contributed by atoms with E-state index in [0.29, 0.717) is 0 Å². The van der Waals surface area contributed by atoms with Crippen molar-refractivity contribution in [1.29, 1.82) is 0 Å². The molecular formula is C15H12F3N3OS. The van der Waals surface area contributed by atoms with Gasteiger partial charge in [0, 0.05) is 18.8 Å². The molecule has 0 spiro atoms. The molecule has 4 nitrogen and oxygen atoms in total. The molecule has 0 radical (unpaired) electrons. The van der Waals surface area contributed by atoms with Crippen LogP contribution in [0.1, 0.15) is 0 Å². The zero-order valence-corrected chi connectivity index (χ0v) is 12.8. The summed E-state index contributed by atoms with van der Waals surface area (Å²) in [5.74, 6) is 0.878. The second-order valence-corrected chi connectivity index (χ2v) is 5.26. The van der Waals surface area contributed by atoms with Gasteiger partial charge in [-0.15, -0.1) is 11.3 Å². The molecule has 8 heteroatoms. The van der Waals surface area contributed by atoms with E-state index in [1.54, 1.807) is 11.3 Å². The maximum atomic E-state index is 10.4. The molecule has 1 N–H and O–H groups in total. The summed E-state index contributed by atoms with van der Waals surface area (Å²) in [7, 11) is 1.86. The Hall–Kier alpha value is -2.48. The highest BCUT2D eigenvalue weighted by Crippen LogP contribution is 2.25. The summed E-state index contributed by atoms with van der Waals surface area (Å²) < 4.78 is 32.5. The highest BCUT2D eigenvalue weighted by molar-refractivity contribution is 7.16. The standard InChI is InChI=1S/C13H11N3S.C2HF3O/c1-14-13-5-3-10(7-15-13)9-2-4-12-11(6-9)16-8-17-12;3-2(4,5)1-6/h2-8H,1H3,(H,14,15);1H. The van der Waals surface area contributed by atoms with Crippen molar-refractivity contribution in [3.05, 3.63) is 42.0 Å². The van der Waals surface area contributed by atoms with E-state index in [-0.39, 0.29) is 0 Å². The molecule has 0 unspecified atom stereocenters. The molecule has 0 amide bonds. The average molecular weight is 339 g/mol. The molecule has 120 valence electrons. The van der Waals surface area contributed by atoms with Crippen molar-refractivity contribution >= 4 is 33.7 Å². The number of aldehydes is 1. The number of carbonyl (C=O) groups excluding carboxylic acids is 1. The molecule has 0 fully saturated rings. The molecule has 0 aliphatic heterocycles. The number of pyridine rings is 1. The maximum absolute atomic E-state index is 10.4. The number of anilines is 1. The lowest BCUT2D eigenvalue weighted by Crippen LogP contribution is -2.07. The van der Waals surface area contributed by atoms with Gasteiger partial charge in [-0.25, -0.2) is 9.97 Å². The first kappa shape index (κ1) is 16.9. The third kappa shape index (κ3) is 4.75. The minimum atomic E-state index is -4.64. The van der Waals surface area contributed by atoms with Gasteiger partial charge in [0.05, 0.1) is 15.7 Å². The van der Waals surface area contributed by atoms with E-state index in [4.69, 9.17) is 4.79 Å². The third-order valence-electron chi connectivity index (χ3n) is 2.82. The molecule has 0 saturated heterocycles. The van der Waals surface area contributed by atoms with Gasteiger partial charge in [-0.2, -0.15) is 13.2 Å². The molecule has 0 aliphatic rings. The first-order valence-corrected chi connectivity index (χ1v) is 7.31. The third-order valence-corrected chi connectivity index (χ3v) is 3.63. The van der Waals surface area contributed by atoms with Crippen molar-refractivity contribution in [2.75, 3.05) is 12.4 Å². The molecule has 0 bridgehead atoms. The number of nitrogens with one attached hydrogen (secondary N) is 1. The second-order valence-electron chi connectivity index (χ2n) is 4.38. The van der Waals surface area contributed by atoms with Crippen LogP contribution in [0.2, 0.25) is 0 Å². The van der Waals surface area contributed by atoms with Crippen molar-refractivity contribution in [2.24, 2.45) is 0 Å². The van der Waals surface area contributed by atoms with Crippen LogP contribution in [-0.4, -0.2) is 29.5 Å². The number of halogens is 3.